The van der Waals surface area contributed by atoms with E-state index in [1.165, 1.54) is 0 Å². The first-order valence-corrected chi connectivity index (χ1v) is 6.86. The highest BCUT2D eigenvalue weighted by molar-refractivity contribution is 5.78. The summed E-state index contributed by atoms with van der Waals surface area (Å²) in [6.07, 6.45) is 2.28. The molecule has 1 aromatic carbocycles. The minimum absolute atomic E-state index is 0.164. The number of amides is 1. The first-order chi connectivity index (χ1) is 9.20. The number of hydrogen-bond acceptors (Lipinski definition) is 3. The molecule has 1 aliphatic rings. The molecule has 1 amide bonds. The molecule has 0 aromatic heterocycles. The predicted molar refractivity (Wildman–Crippen MR) is 75.2 cm³/mol. The van der Waals surface area contributed by atoms with E-state index in [9.17, 15) is 4.79 Å². The van der Waals surface area contributed by atoms with E-state index in [4.69, 9.17) is 4.74 Å². The molecule has 104 valence electrons. The topological polar surface area (TPSA) is 41.6 Å². The van der Waals surface area contributed by atoms with Crippen molar-refractivity contribution in [2.75, 3.05) is 26.7 Å². The summed E-state index contributed by atoms with van der Waals surface area (Å²) in [5.74, 6) is 1.06. The van der Waals surface area contributed by atoms with Crippen LogP contribution in [0.1, 0.15) is 31.4 Å². The number of methoxy groups -OCH3 is 1. The van der Waals surface area contributed by atoms with E-state index < -0.39 is 0 Å². The molecule has 1 atom stereocenters. The van der Waals surface area contributed by atoms with Gasteiger partial charge in [0.15, 0.2) is 0 Å². The standard InChI is InChI=1S/C15H22N2O2/c1-12(13-5-7-14(19-2)8-6-13)16-11-15(18)17-9-3-4-10-17/h5-8,12,16H,3-4,9-11H2,1-2H3. The summed E-state index contributed by atoms with van der Waals surface area (Å²) in [7, 11) is 1.66. The molecule has 4 heteroatoms. The quantitative estimate of drug-likeness (QED) is 0.882. The molecule has 1 unspecified atom stereocenters. The smallest absolute Gasteiger partial charge is 0.236 e. The van der Waals surface area contributed by atoms with Crippen LogP contribution in [-0.4, -0.2) is 37.6 Å². The minimum atomic E-state index is 0.164. The molecular weight excluding hydrogens is 240 g/mol. The van der Waals surface area contributed by atoms with E-state index in [2.05, 4.69) is 12.2 Å². The number of likely N-dealkylation sites (tertiary alicyclic amines) is 1. The monoisotopic (exact) mass is 262 g/mol. The van der Waals surface area contributed by atoms with Crippen LogP contribution in [0.3, 0.4) is 0 Å². The molecular formula is C15H22N2O2. The van der Waals surface area contributed by atoms with Crippen LogP contribution in [0.15, 0.2) is 24.3 Å². The van der Waals surface area contributed by atoms with Crippen LogP contribution in [0.4, 0.5) is 0 Å². The molecule has 2 rings (SSSR count). The maximum absolute atomic E-state index is 11.9. The van der Waals surface area contributed by atoms with Gasteiger partial charge in [0.2, 0.25) is 5.91 Å². The Bertz CT molecular complexity index is 411. The third-order valence-corrected chi connectivity index (χ3v) is 3.63. The van der Waals surface area contributed by atoms with Gasteiger partial charge >= 0.3 is 0 Å². The summed E-state index contributed by atoms with van der Waals surface area (Å²) < 4.78 is 5.13. The first kappa shape index (κ1) is 13.9. The summed E-state index contributed by atoms with van der Waals surface area (Å²) in [5.41, 5.74) is 1.16. The normalized spacial score (nSPS) is 16.4. The molecule has 1 saturated heterocycles. The van der Waals surface area contributed by atoms with Crippen LogP contribution >= 0.6 is 0 Å². The highest BCUT2D eigenvalue weighted by atomic mass is 16.5. The zero-order valence-corrected chi connectivity index (χ0v) is 11.7. The maximum Gasteiger partial charge on any atom is 0.236 e. The fourth-order valence-corrected chi connectivity index (χ4v) is 2.33. The van der Waals surface area contributed by atoms with Crippen molar-refractivity contribution in [3.63, 3.8) is 0 Å². The third kappa shape index (κ3) is 3.70. The molecule has 0 saturated carbocycles. The minimum Gasteiger partial charge on any atom is -0.497 e. The molecule has 0 radical (unpaired) electrons. The highest BCUT2D eigenvalue weighted by Gasteiger charge is 2.18. The summed E-state index contributed by atoms with van der Waals surface area (Å²) in [6, 6.07) is 8.09. The van der Waals surface area contributed by atoms with E-state index in [1.807, 2.05) is 29.2 Å². The number of rotatable bonds is 5. The average molecular weight is 262 g/mol. The zero-order valence-electron chi connectivity index (χ0n) is 11.7. The van der Waals surface area contributed by atoms with Crippen molar-refractivity contribution in [1.82, 2.24) is 10.2 Å². The number of benzene rings is 1. The van der Waals surface area contributed by atoms with Crippen LogP contribution in [-0.2, 0) is 4.79 Å². The van der Waals surface area contributed by atoms with E-state index >= 15 is 0 Å². The fraction of sp³-hybridized carbons (Fsp3) is 0.533. The SMILES string of the molecule is COc1ccc(C(C)NCC(=O)N2CCCC2)cc1. The number of carbonyl (C=O) groups is 1. The Labute approximate surface area is 114 Å². The Morgan fingerprint density at radius 3 is 2.53 bits per heavy atom. The van der Waals surface area contributed by atoms with Gasteiger partial charge in [-0.3, -0.25) is 4.79 Å². The number of carbonyl (C=O) groups excluding carboxylic acids is 1. The lowest BCUT2D eigenvalue weighted by Crippen LogP contribution is -2.37. The number of ether oxygens (including phenoxy) is 1. The highest BCUT2D eigenvalue weighted by Crippen LogP contribution is 2.17. The third-order valence-electron chi connectivity index (χ3n) is 3.63. The second kappa shape index (κ2) is 6.57. The Kier molecular flexibility index (Phi) is 4.80. The van der Waals surface area contributed by atoms with Gasteiger partial charge in [0, 0.05) is 19.1 Å². The molecule has 0 bridgehead atoms. The molecule has 1 heterocycles. The van der Waals surface area contributed by atoms with E-state index in [0.717, 1.165) is 37.2 Å². The summed E-state index contributed by atoms with van der Waals surface area (Å²) >= 11 is 0. The lowest BCUT2D eigenvalue weighted by atomic mass is 10.1. The Morgan fingerprint density at radius 1 is 1.32 bits per heavy atom. The van der Waals surface area contributed by atoms with E-state index in [0.29, 0.717) is 6.54 Å². The number of nitrogens with one attached hydrogen (secondary N) is 1. The summed E-state index contributed by atoms with van der Waals surface area (Å²) in [6.45, 7) is 4.31. The molecule has 1 aromatic rings. The van der Waals surface area contributed by atoms with Crippen molar-refractivity contribution in [3.8, 4) is 5.75 Å². The fourth-order valence-electron chi connectivity index (χ4n) is 2.33. The zero-order chi connectivity index (χ0) is 13.7. The van der Waals surface area contributed by atoms with Gasteiger partial charge < -0.3 is 15.0 Å². The van der Waals surface area contributed by atoms with E-state index in [-0.39, 0.29) is 11.9 Å². The van der Waals surface area contributed by atoms with E-state index in [1.54, 1.807) is 7.11 Å². The van der Waals surface area contributed by atoms with Crippen molar-refractivity contribution in [1.29, 1.82) is 0 Å². The van der Waals surface area contributed by atoms with Gasteiger partial charge in [-0.25, -0.2) is 0 Å². The van der Waals surface area contributed by atoms with Crippen LogP contribution in [0.2, 0.25) is 0 Å². The van der Waals surface area contributed by atoms with Crippen molar-refractivity contribution >= 4 is 5.91 Å². The van der Waals surface area contributed by atoms with Gasteiger partial charge in [0.05, 0.1) is 13.7 Å². The van der Waals surface area contributed by atoms with Crippen LogP contribution in [0, 0.1) is 0 Å². The lowest BCUT2D eigenvalue weighted by molar-refractivity contribution is -0.129. The van der Waals surface area contributed by atoms with Gasteiger partial charge in [-0.1, -0.05) is 12.1 Å². The average Bonchev–Trinajstić information content (AvgIpc) is 2.98. The second-order valence-electron chi connectivity index (χ2n) is 4.96. The molecule has 1 aliphatic heterocycles. The molecule has 1 fully saturated rings. The van der Waals surface area contributed by atoms with Gasteiger partial charge in [0.1, 0.15) is 5.75 Å². The summed E-state index contributed by atoms with van der Waals surface area (Å²) in [5, 5.41) is 3.28. The van der Waals surface area contributed by atoms with Crippen LogP contribution in [0.25, 0.3) is 0 Å². The second-order valence-corrected chi connectivity index (χ2v) is 4.96. The van der Waals surface area contributed by atoms with Gasteiger partial charge in [0.25, 0.3) is 0 Å². The van der Waals surface area contributed by atoms with Crippen LogP contribution in [0.5, 0.6) is 5.75 Å². The molecule has 0 spiro atoms. The van der Waals surface area contributed by atoms with Gasteiger partial charge in [-0.05, 0) is 37.5 Å². The Balaban J connectivity index is 1.82. The van der Waals surface area contributed by atoms with Crippen molar-refractivity contribution in [2.24, 2.45) is 0 Å². The molecule has 4 nitrogen and oxygen atoms in total. The largest absolute Gasteiger partial charge is 0.497 e. The van der Waals surface area contributed by atoms with Crippen molar-refractivity contribution in [3.05, 3.63) is 29.8 Å². The maximum atomic E-state index is 11.9. The van der Waals surface area contributed by atoms with Crippen molar-refractivity contribution < 1.29 is 9.53 Å². The number of hydrogen-bond donors (Lipinski definition) is 1. The Hall–Kier alpha value is -1.55. The van der Waals surface area contributed by atoms with Gasteiger partial charge in [-0.2, -0.15) is 0 Å². The predicted octanol–water partition coefficient (Wildman–Crippen LogP) is 1.97. The first-order valence-electron chi connectivity index (χ1n) is 6.86. The van der Waals surface area contributed by atoms with Crippen molar-refractivity contribution in [2.45, 2.75) is 25.8 Å². The molecule has 19 heavy (non-hydrogen) atoms. The Morgan fingerprint density at radius 2 is 1.95 bits per heavy atom. The van der Waals surface area contributed by atoms with Crippen LogP contribution < -0.4 is 10.1 Å². The lowest BCUT2D eigenvalue weighted by Gasteiger charge is -2.18. The molecule has 0 aliphatic carbocycles. The van der Waals surface area contributed by atoms with Gasteiger partial charge in [-0.15, -0.1) is 0 Å². The molecule has 1 N–H and O–H groups in total. The summed E-state index contributed by atoms with van der Waals surface area (Å²) in [4.78, 5) is 13.9. The number of nitrogens with zero attached hydrogens (tertiary/aromatic N) is 1.